The highest BCUT2D eigenvalue weighted by Gasteiger charge is 2.30. The van der Waals surface area contributed by atoms with Gasteiger partial charge in [0.2, 0.25) is 0 Å². The van der Waals surface area contributed by atoms with Gasteiger partial charge in [-0.05, 0) is 25.2 Å². The average Bonchev–Trinajstić information content (AvgIpc) is 2.76. The SMILES string of the molecule is CCc1nn(C)c(CC(=O)C(OC)C2CCCCC2)c1Cl. The molecule has 0 aromatic carbocycles. The summed E-state index contributed by atoms with van der Waals surface area (Å²) in [6.07, 6.45) is 6.62. The van der Waals surface area contributed by atoms with Gasteiger partial charge in [-0.25, -0.2) is 0 Å². The maximum atomic E-state index is 12.6. The zero-order valence-corrected chi connectivity index (χ0v) is 13.9. The number of nitrogens with zero attached hydrogens (tertiary/aromatic N) is 2. The van der Waals surface area contributed by atoms with E-state index < -0.39 is 0 Å². The van der Waals surface area contributed by atoms with Crippen molar-refractivity contribution in [2.75, 3.05) is 7.11 Å². The predicted molar refractivity (Wildman–Crippen MR) is 83.7 cm³/mol. The number of aryl methyl sites for hydroxylation is 2. The van der Waals surface area contributed by atoms with Gasteiger partial charge in [0.1, 0.15) is 6.10 Å². The quantitative estimate of drug-likeness (QED) is 0.809. The summed E-state index contributed by atoms with van der Waals surface area (Å²) in [7, 11) is 3.48. The van der Waals surface area contributed by atoms with Crippen LogP contribution in [-0.2, 0) is 29.4 Å². The summed E-state index contributed by atoms with van der Waals surface area (Å²) in [6.45, 7) is 2.01. The largest absolute Gasteiger partial charge is 0.373 e. The summed E-state index contributed by atoms with van der Waals surface area (Å²) in [4.78, 5) is 12.6. The molecule has 0 N–H and O–H groups in total. The minimum Gasteiger partial charge on any atom is -0.373 e. The number of Topliss-reactive ketones (excluding diaryl/α,β-unsaturated/α-hetero) is 1. The van der Waals surface area contributed by atoms with E-state index in [9.17, 15) is 4.79 Å². The lowest BCUT2D eigenvalue weighted by atomic mass is 9.83. The molecule has 1 unspecified atom stereocenters. The highest BCUT2D eigenvalue weighted by Crippen LogP contribution is 2.29. The molecule has 4 nitrogen and oxygen atoms in total. The fourth-order valence-corrected chi connectivity index (χ4v) is 3.66. The third-order valence-electron chi connectivity index (χ3n) is 4.49. The Balaban J connectivity index is 2.10. The molecule has 1 aliphatic rings. The molecule has 0 bridgehead atoms. The van der Waals surface area contributed by atoms with Crippen LogP contribution in [0, 0.1) is 5.92 Å². The number of ether oxygens (including phenoxy) is 1. The van der Waals surface area contributed by atoms with Gasteiger partial charge < -0.3 is 4.74 Å². The van der Waals surface area contributed by atoms with Gasteiger partial charge in [0.15, 0.2) is 5.78 Å². The molecular weight excluding hydrogens is 288 g/mol. The zero-order valence-electron chi connectivity index (χ0n) is 13.2. The number of ketones is 1. The van der Waals surface area contributed by atoms with Gasteiger partial charge in [0.25, 0.3) is 0 Å². The van der Waals surface area contributed by atoms with E-state index in [1.165, 1.54) is 19.3 Å². The standard InChI is InChI=1S/C16H25ClN2O2/c1-4-12-15(17)13(19(2)18-12)10-14(20)16(21-3)11-8-6-5-7-9-11/h11,16H,4-10H2,1-3H3. The van der Waals surface area contributed by atoms with E-state index in [0.717, 1.165) is 30.7 Å². The van der Waals surface area contributed by atoms with Crippen molar-refractivity contribution in [3.05, 3.63) is 16.4 Å². The van der Waals surface area contributed by atoms with Crippen LogP contribution in [0.3, 0.4) is 0 Å². The number of carbonyl (C=O) groups excluding carboxylic acids is 1. The Kier molecular flexibility index (Phi) is 5.82. The molecule has 0 radical (unpaired) electrons. The number of halogens is 1. The monoisotopic (exact) mass is 312 g/mol. The molecule has 1 aromatic rings. The van der Waals surface area contributed by atoms with Crippen LogP contribution in [0.15, 0.2) is 0 Å². The van der Waals surface area contributed by atoms with Gasteiger partial charge in [-0.1, -0.05) is 37.8 Å². The van der Waals surface area contributed by atoms with Crippen LogP contribution in [0.5, 0.6) is 0 Å². The summed E-state index contributed by atoms with van der Waals surface area (Å²) in [5, 5.41) is 5.00. The van der Waals surface area contributed by atoms with Crippen LogP contribution in [0.1, 0.15) is 50.4 Å². The van der Waals surface area contributed by atoms with Crippen molar-refractivity contribution in [1.29, 1.82) is 0 Å². The number of carbonyl (C=O) groups is 1. The molecule has 1 heterocycles. The fourth-order valence-electron chi connectivity index (χ4n) is 3.30. The third kappa shape index (κ3) is 3.67. The van der Waals surface area contributed by atoms with E-state index in [1.807, 2.05) is 14.0 Å². The van der Waals surface area contributed by atoms with E-state index >= 15 is 0 Å². The Hall–Kier alpha value is -0.870. The van der Waals surface area contributed by atoms with Crippen LogP contribution >= 0.6 is 11.6 Å². The Morgan fingerprint density at radius 1 is 1.43 bits per heavy atom. The summed E-state index contributed by atoms with van der Waals surface area (Å²) < 4.78 is 7.24. The predicted octanol–water partition coefficient (Wildman–Crippen LogP) is 3.34. The van der Waals surface area contributed by atoms with Crippen molar-refractivity contribution in [3.8, 4) is 0 Å². The first kappa shape index (κ1) is 16.5. The number of aromatic nitrogens is 2. The molecule has 5 heteroatoms. The molecule has 0 aliphatic heterocycles. The first-order valence-electron chi connectivity index (χ1n) is 7.84. The molecule has 0 amide bonds. The second kappa shape index (κ2) is 7.41. The van der Waals surface area contributed by atoms with Gasteiger partial charge in [-0.2, -0.15) is 5.10 Å². The van der Waals surface area contributed by atoms with Crippen LogP contribution < -0.4 is 0 Å². The molecule has 21 heavy (non-hydrogen) atoms. The second-order valence-corrected chi connectivity index (χ2v) is 6.26. The zero-order chi connectivity index (χ0) is 15.4. The lowest BCUT2D eigenvalue weighted by Crippen LogP contribution is -2.34. The van der Waals surface area contributed by atoms with Crippen LogP contribution in [0.4, 0.5) is 0 Å². The molecule has 118 valence electrons. The maximum absolute atomic E-state index is 12.6. The summed E-state index contributed by atoms with van der Waals surface area (Å²) in [6, 6.07) is 0. The second-order valence-electron chi connectivity index (χ2n) is 5.88. The number of hydrogen-bond acceptors (Lipinski definition) is 3. The number of hydrogen-bond donors (Lipinski definition) is 0. The molecule has 0 spiro atoms. The minimum atomic E-state index is -0.304. The molecule has 0 saturated heterocycles. The summed E-state index contributed by atoms with van der Waals surface area (Å²) >= 11 is 6.33. The van der Waals surface area contributed by atoms with Crippen molar-refractivity contribution in [1.82, 2.24) is 9.78 Å². The first-order valence-corrected chi connectivity index (χ1v) is 8.22. The lowest BCUT2D eigenvalue weighted by Gasteiger charge is -2.28. The van der Waals surface area contributed by atoms with Gasteiger partial charge in [-0.3, -0.25) is 9.48 Å². The van der Waals surface area contributed by atoms with E-state index in [0.29, 0.717) is 17.4 Å². The van der Waals surface area contributed by atoms with E-state index in [-0.39, 0.29) is 11.9 Å². The van der Waals surface area contributed by atoms with E-state index in [4.69, 9.17) is 16.3 Å². The molecule has 2 rings (SSSR count). The summed E-state index contributed by atoms with van der Waals surface area (Å²) in [5.41, 5.74) is 1.66. The molecule has 1 fully saturated rings. The van der Waals surface area contributed by atoms with Gasteiger partial charge >= 0.3 is 0 Å². The van der Waals surface area contributed by atoms with E-state index in [2.05, 4.69) is 5.10 Å². The van der Waals surface area contributed by atoms with Crippen molar-refractivity contribution in [2.24, 2.45) is 13.0 Å². The Bertz CT molecular complexity index is 493. The Morgan fingerprint density at radius 3 is 2.62 bits per heavy atom. The van der Waals surface area contributed by atoms with Crippen LogP contribution in [0.25, 0.3) is 0 Å². The van der Waals surface area contributed by atoms with Crippen molar-refractivity contribution in [3.63, 3.8) is 0 Å². The third-order valence-corrected chi connectivity index (χ3v) is 4.93. The molecule has 1 aliphatic carbocycles. The fraction of sp³-hybridized carbons (Fsp3) is 0.750. The maximum Gasteiger partial charge on any atom is 0.167 e. The van der Waals surface area contributed by atoms with Crippen LogP contribution in [0.2, 0.25) is 5.02 Å². The van der Waals surface area contributed by atoms with Gasteiger partial charge in [0.05, 0.1) is 22.8 Å². The van der Waals surface area contributed by atoms with Gasteiger partial charge in [0, 0.05) is 14.2 Å². The minimum absolute atomic E-state index is 0.122. The van der Waals surface area contributed by atoms with Crippen molar-refractivity contribution < 1.29 is 9.53 Å². The summed E-state index contributed by atoms with van der Waals surface area (Å²) in [5.74, 6) is 0.478. The molecule has 1 atom stereocenters. The van der Waals surface area contributed by atoms with Gasteiger partial charge in [-0.15, -0.1) is 0 Å². The number of rotatable bonds is 6. The smallest absolute Gasteiger partial charge is 0.167 e. The highest BCUT2D eigenvalue weighted by atomic mass is 35.5. The number of methoxy groups -OCH3 is 1. The van der Waals surface area contributed by atoms with Crippen molar-refractivity contribution >= 4 is 17.4 Å². The highest BCUT2D eigenvalue weighted by molar-refractivity contribution is 6.32. The first-order chi connectivity index (χ1) is 10.1. The molecular formula is C16H25ClN2O2. The normalized spacial score (nSPS) is 17.9. The Morgan fingerprint density at radius 2 is 2.10 bits per heavy atom. The molecule has 1 saturated carbocycles. The average molecular weight is 313 g/mol. The topological polar surface area (TPSA) is 44.1 Å². The van der Waals surface area contributed by atoms with Crippen LogP contribution in [-0.4, -0.2) is 28.8 Å². The Labute approximate surface area is 131 Å². The van der Waals surface area contributed by atoms with Crippen molar-refractivity contribution in [2.45, 2.75) is 58.0 Å². The van der Waals surface area contributed by atoms with E-state index in [1.54, 1.807) is 11.8 Å². The lowest BCUT2D eigenvalue weighted by molar-refractivity contribution is -0.132. The molecule has 1 aromatic heterocycles.